The fourth-order valence-electron chi connectivity index (χ4n) is 3.92. The third-order valence-electron chi connectivity index (χ3n) is 5.05. The zero-order chi connectivity index (χ0) is 11.0. The van der Waals surface area contributed by atoms with Crippen molar-refractivity contribution in [2.75, 3.05) is 0 Å². The summed E-state index contributed by atoms with van der Waals surface area (Å²) in [6, 6.07) is 2.09. The van der Waals surface area contributed by atoms with Crippen molar-refractivity contribution in [2.45, 2.75) is 26.7 Å². The fourth-order valence-corrected chi connectivity index (χ4v) is 3.92. The van der Waals surface area contributed by atoms with Crippen LogP contribution < -0.4 is 10.6 Å². The molecule has 0 amide bonds. The molecule has 0 aliphatic heterocycles. The Morgan fingerprint density at radius 2 is 2.12 bits per heavy atom. The molecular weight excluding hydrogens is 196 g/mol. The largest absolute Gasteiger partial charge is 0.465 e. The van der Waals surface area contributed by atoms with E-state index in [1.807, 2.05) is 0 Å². The minimum Gasteiger partial charge on any atom is -0.465 e. The normalized spacial score (nSPS) is 41.1. The highest BCUT2D eigenvalue weighted by atomic mass is 16.3. The van der Waals surface area contributed by atoms with Gasteiger partial charge in [0, 0.05) is 16.0 Å². The van der Waals surface area contributed by atoms with E-state index in [4.69, 9.17) is 4.42 Å². The van der Waals surface area contributed by atoms with E-state index in [0.29, 0.717) is 10.8 Å². The second-order valence-corrected chi connectivity index (χ2v) is 6.21. The molecule has 1 fully saturated rings. The van der Waals surface area contributed by atoms with Crippen molar-refractivity contribution >= 4 is 12.2 Å². The van der Waals surface area contributed by atoms with Crippen LogP contribution in [0.25, 0.3) is 12.2 Å². The maximum absolute atomic E-state index is 5.54. The van der Waals surface area contributed by atoms with E-state index in [0.717, 1.165) is 5.42 Å². The van der Waals surface area contributed by atoms with E-state index >= 15 is 0 Å². The second kappa shape index (κ2) is 2.22. The average molecular weight is 212 g/mol. The number of rotatable bonds is 0. The maximum Gasteiger partial charge on any atom is 0.130 e. The summed E-state index contributed by atoms with van der Waals surface area (Å²) in [5.41, 5.74) is 2.05. The van der Waals surface area contributed by atoms with Gasteiger partial charge in [-0.2, -0.15) is 0 Å². The van der Waals surface area contributed by atoms with E-state index in [1.54, 1.807) is 6.26 Å². The summed E-state index contributed by atoms with van der Waals surface area (Å²) in [4.78, 5) is 0. The van der Waals surface area contributed by atoms with Gasteiger partial charge >= 0.3 is 0 Å². The smallest absolute Gasteiger partial charge is 0.130 e. The van der Waals surface area contributed by atoms with Gasteiger partial charge in [-0.25, -0.2) is 0 Å². The molecule has 1 nitrogen and oxygen atoms in total. The molecule has 0 spiro atoms. The number of furan rings is 1. The Kier molecular flexibility index (Phi) is 1.23. The molecule has 0 N–H and O–H groups in total. The van der Waals surface area contributed by atoms with Gasteiger partial charge in [0.2, 0.25) is 0 Å². The SMILES string of the molecule is CC1(C)CC=CC23C=c4occc4=CC12C3. The molecular formula is C15H16O. The molecule has 3 aliphatic carbocycles. The van der Waals surface area contributed by atoms with Gasteiger partial charge in [-0.1, -0.05) is 32.1 Å². The Labute approximate surface area is 95.2 Å². The third kappa shape index (κ3) is 0.742. The van der Waals surface area contributed by atoms with Gasteiger partial charge in [0.05, 0.1) is 6.26 Å². The molecule has 1 heterocycles. The number of hydrogen-bond acceptors (Lipinski definition) is 1. The molecule has 3 aliphatic rings. The van der Waals surface area contributed by atoms with E-state index < -0.39 is 0 Å². The summed E-state index contributed by atoms with van der Waals surface area (Å²) in [7, 11) is 0. The van der Waals surface area contributed by atoms with Crippen molar-refractivity contribution in [1.82, 2.24) is 0 Å². The summed E-state index contributed by atoms with van der Waals surface area (Å²) in [6.07, 6.45) is 13.8. The predicted molar refractivity (Wildman–Crippen MR) is 63.9 cm³/mol. The zero-order valence-electron chi connectivity index (χ0n) is 9.79. The molecule has 1 aromatic heterocycles. The molecule has 0 aromatic carbocycles. The molecule has 2 atom stereocenters. The van der Waals surface area contributed by atoms with Crippen molar-refractivity contribution in [1.29, 1.82) is 0 Å². The monoisotopic (exact) mass is 212 g/mol. The number of allylic oxidation sites excluding steroid dienone is 2. The van der Waals surface area contributed by atoms with Crippen LogP contribution in [0, 0.1) is 16.2 Å². The van der Waals surface area contributed by atoms with Gasteiger partial charge in [0.25, 0.3) is 0 Å². The first-order valence-corrected chi connectivity index (χ1v) is 6.06. The minimum absolute atomic E-state index is 0.263. The lowest BCUT2D eigenvalue weighted by Crippen LogP contribution is -2.38. The van der Waals surface area contributed by atoms with E-state index in [-0.39, 0.29) is 5.41 Å². The molecule has 0 saturated heterocycles. The first-order valence-electron chi connectivity index (χ1n) is 6.06. The summed E-state index contributed by atoms with van der Waals surface area (Å²) < 4.78 is 5.54. The van der Waals surface area contributed by atoms with Crippen LogP contribution in [0.1, 0.15) is 26.7 Å². The predicted octanol–water partition coefficient (Wildman–Crippen LogP) is 2.22. The Bertz CT molecular complexity index is 616. The van der Waals surface area contributed by atoms with Crippen molar-refractivity contribution in [3.8, 4) is 0 Å². The molecule has 2 unspecified atom stereocenters. The minimum atomic E-state index is 0.263. The summed E-state index contributed by atoms with van der Waals surface area (Å²) >= 11 is 0. The van der Waals surface area contributed by atoms with Gasteiger partial charge in [-0.15, -0.1) is 0 Å². The summed E-state index contributed by atoms with van der Waals surface area (Å²) in [5.74, 6) is 0. The maximum atomic E-state index is 5.54. The van der Waals surface area contributed by atoms with Crippen LogP contribution in [-0.4, -0.2) is 0 Å². The third-order valence-corrected chi connectivity index (χ3v) is 5.05. The first-order chi connectivity index (χ1) is 7.59. The van der Waals surface area contributed by atoms with E-state index in [9.17, 15) is 0 Å². The molecule has 0 bridgehead atoms. The van der Waals surface area contributed by atoms with Crippen LogP contribution >= 0.6 is 0 Å². The highest BCUT2D eigenvalue weighted by Gasteiger charge is 2.71. The van der Waals surface area contributed by atoms with Crippen molar-refractivity contribution < 1.29 is 4.42 Å². The molecule has 16 heavy (non-hydrogen) atoms. The lowest BCUT2D eigenvalue weighted by atomic mass is 9.65. The first kappa shape index (κ1) is 8.86. The van der Waals surface area contributed by atoms with Crippen LogP contribution in [0.5, 0.6) is 0 Å². The van der Waals surface area contributed by atoms with Gasteiger partial charge in [0.1, 0.15) is 5.42 Å². The van der Waals surface area contributed by atoms with E-state index in [2.05, 4.69) is 44.2 Å². The zero-order valence-corrected chi connectivity index (χ0v) is 9.79. The molecule has 1 aromatic rings. The molecule has 1 saturated carbocycles. The average Bonchev–Trinajstić information content (AvgIpc) is 2.69. The van der Waals surface area contributed by atoms with Crippen LogP contribution in [0.3, 0.4) is 0 Å². The Balaban J connectivity index is 2.08. The quantitative estimate of drug-likeness (QED) is 0.601. The lowest BCUT2D eigenvalue weighted by Gasteiger charge is -2.39. The topological polar surface area (TPSA) is 13.1 Å². The highest BCUT2D eigenvalue weighted by molar-refractivity contribution is 5.64. The number of hydrogen-bond donors (Lipinski definition) is 0. The summed E-state index contributed by atoms with van der Waals surface area (Å²) in [5, 5.41) is 1.29. The van der Waals surface area contributed by atoms with Crippen LogP contribution in [0.15, 0.2) is 28.9 Å². The molecule has 4 rings (SSSR count). The lowest BCUT2D eigenvalue weighted by molar-refractivity contribution is 0.220. The highest BCUT2D eigenvalue weighted by Crippen LogP contribution is 2.77. The van der Waals surface area contributed by atoms with Crippen LogP contribution in [0.4, 0.5) is 0 Å². The second-order valence-electron chi connectivity index (χ2n) is 6.21. The molecule has 0 radical (unpaired) electrons. The standard InChI is InChI=1S/C15H16O/c1-13(2)5-3-6-14-9-12-11(4-7-16-12)8-15(13,14)10-14/h3-4,6-9H,5,10H2,1-2H3. The van der Waals surface area contributed by atoms with E-state index in [1.165, 1.54) is 18.1 Å². The van der Waals surface area contributed by atoms with Crippen molar-refractivity contribution in [3.05, 3.63) is 35.1 Å². The molecule has 82 valence electrons. The van der Waals surface area contributed by atoms with Gasteiger partial charge in [-0.3, -0.25) is 0 Å². The Hall–Kier alpha value is -1.24. The van der Waals surface area contributed by atoms with Crippen LogP contribution in [-0.2, 0) is 0 Å². The van der Waals surface area contributed by atoms with Gasteiger partial charge in [-0.05, 0) is 30.4 Å². The van der Waals surface area contributed by atoms with Gasteiger partial charge < -0.3 is 4.42 Å². The Morgan fingerprint density at radius 1 is 1.25 bits per heavy atom. The van der Waals surface area contributed by atoms with Crippen molar-refractivity contribution in [3.63, 3.8) is 0 Å². The summed E-state index contributed by atoms with van der Waals surface area (Å²) in [6.45, 7) is 4.79. The van der Waals surface area contributed by atoms with Crippen molar-refractivity contribution in [2.24, 2.45) is 16.2 Å². The number of fused-ring (bicyclic) bond motifs is 1. The van der Waals surface area contributed by atoms with Gasteiger partial charge in [0.15, 0.2) is 0 Å². The fraction of sp³-hybridized carbons (Fsp3) is 0.467. The molecule has 1 heteroatoms. The Morgan fingerprint density at radius 3 is 3.00 bits per heavy atom. The van der Waals surface area contributed by atoms with Crippen LogP contribution in [0.2, 0.25) is 0 Å².